The summed E-state index contributed by atoms with van der Waals surface area (Å²) in [5.74, 6) is 0.851. The molecule has 0 saturated carbocycles. The Morgan fingerprint density at radius 2 is 1.15 bits per heavy atom. The molecule has 0 spiro atoms. The average molecular weight is 1040 g/mol. The standard InChI is InChI=1S/C61H44N5.Pt/c1-41-36-42(2)59(43(3)37-41)65(49-32-33-54-53-26-12-13-29-55(53)66(57(54)39-49)58-30-14-15-35-62-58)48-24-16-23-47(38-48)63-40-64(61-52-25-11-10-22-46(52)31-34-56(61)63)60-50(44-18-6-4-7-19-44)27-17-28-51(60)45-20-8-5-9-21-45;/h4-37,40H,1-3H3;/q-3;. The van der Waals surface area contributed by atoms with Crippen LogP contribution in [0.3, 0.4) is 0 Å². The fourth-order valence-corrected chi connectivity index (χ4v) is 10.1. The summed E-state index contributed by atoms with van der Waals surface area (Å²) >= 11 is 0. The molecular formula is C61H44N5Pt-3. The van der Waals surface area contributed by atoms with E-state index in [1.807, 2.05) is 18.3 Å². The predicted octanol–water partition coefficient (Wildman–Crippen LogP) is 16.1. The fraction of sp³-hybridized carbons (Fsp3) is 0.0492. The summed E-state index contributed by atoms with van der Waals surface area (Å²) in [4.78, 5) is 11.9. The summed E-state index contributed by atoms with van der Waals surface area (Å²) < 4.78 is 2.23. The zero-order valence-electron chi connectivity index (χ0n) is 37.3. The third-order valence-corrected chi connectivity index (χ3v) is 12.9. The molecule has 0 unspecified atom stereocenters. The minimum Gasteiger partial charge on any atom is -0.493 e. The van der Waals surface area contributed by atoms with Crippen molar-refractivity contribution in [2.75, 3.05) is 14.7 Å². The van der Waals surface area contributed by atoms with Crippen LogP contribution in [0, 0.1) is 39.6 Å². The van der Waals surface area contributed by atoms with Gasteiger partial charge >= 0.3 is 0 Å². The van der Waals surface area contributed by atoms with Gasteiger partial charge in [0, 0.05) is 72.0 Å². The maximum atomic E-state index is 4.83. The number of fused-ring (bicyclic) bond motifs is 6. The van der Waals surface area contributed by atoms with Crippen molar-refractivity contribution in [3.63, 3.8) is 0 Å². The Morgan fingerprint density at radius 1 is 0.507 bits per heavy atom. The molecule has 11 aromatic rings. The molecule has 12 rings (SSSR count). The van der Waals surface area contributed by atoms with Gasteiger partial charge in [-0.3, -0.25) is 0 Å². The van der Waals surface area contributed by atoms with E-state index in [4.69, 9.17) is 4.98 Å². The van der Waals surface area contributed by atoms with Crippen LogP contribution < -0.4 is 14.7 Å². The number of anilines is 7. The molecule has 0 saturated heterocycles. The van der Waals surface area contributed by atoms with Gasteiger partial charge in [0.2, 0.25) is 0 Å². The van der Waals surface area contributed by atoms with Crippen molar-refractivity contribution in [2.45, 2.75) is 20.8 Å². The molecule has 0 atom stereocenters. The Bertz CT molecular complexity index is 3540. The molecule has 67 heavy (non-hydrogen) atoms. The van der Waals surface area contributed by atoms with E-state index in [9.17, 15) is 0 Å². The van der Waals surface area contributed by atoms with Gasteiger partial charge in [-0.2, -0.15) is 12.1 Å². The first-order valence-electron chi connectivity index (χ1n) is 22.5. The van der Waals surface area contributed by atoms with E-state index in [1.54, 1.807) is 0 Å². The Morgan fingerprint density at radius 3 is 1.87 bits per heavy atom. The van der Waals surface area contributed by atoms with E-state index in [1.165, 1.54) is 27.5 Å². The molecule has 0 N–H and O–H groups in total. The summed E-state index contributed by atoms with van der Waals surface area (Å²) in [5.41, 5.74) is 17.4. The van der Waals surface area contributed by atoms with Crippen LogP contribution in [0.4, 0.5) is 39.8 Å². The summed E-state index contributed by atoms with van der Waals surface area (Å²) in [6.07, 6.45) is 1.85. The Labute approximate surface area is 406 Å². The van der Waals surface area contributed by atoms with Crippen LogP contribution in [0.25, 0.3) is 60.6 Å². The molecule has 2 aromatic heterocycles. The predicted molar refractivity (Wildman–Crippen MR) is 275 cm³/mol. The largest absolute Gasteiger partial charge is 0.493 e. The molecule has 0 bridgehead atoms. The second-order valence-electron chi connectivity index (χ2n) is 17.1. The molecule has 9 aromatic carbocycles. The van der Waals surface area contributed by atoms with Crippen LogP contribution in [0.15, 0.2) is 206 Å². The molecule has 326 valence electrons. The van der Waals surface area contributed by atoms with Gasteiger partial charge in [0.25, 0.3) is 0 Å². The number of para-hydroxylation sites is 2. The average Bonchev–Trinajstić information content (AvgIpc) is 3.92. The van der Waals surface area contributed by atoms with Crippen molar-refractivity contribution in [3.8, 4) is 28.1 Å². The Kier molecular flexibility index (Phi) is 10.8. The van der Waals surface area contributed by atoms with Crippen molar-refractivity contribution >= 4 is 72.4 Å². The van der Waals surface area contributed by atoms with Crippen LogP contribution in [0.1, 0.15) is 16.7 Å². The number of rotatable bonds is 8. The van der Waals surface area contributed by atoms with Gasteiger partial charge in [-0.1, -0.05) is 168 Å². The summed E-state index contributed by atoms with van der Waals surface area (Å²) in [5, 5.41) is 4.63. The number of aromatic nitrogens is 2. The van der Waals surface area contributed by atoms with Crippen LogP contribution >= 0.6 is 0 Å². The van der Waals surface area contributed by atoms with Gasteiger partial charge in [0.05, 0.1) is 0 Å². The number of aryl methyl sites for hydroxylation is 3. The smallest absolute Gasteiger partial charge is 0.135 e. The molecule has 5 nitrogen and oxygen atoms in total. The summed E-state index contributed by atoms with van der Waals surface area (Å²) in [6, 6.07) is 79.3. The van der Waals surface area contributed by atoms with Crippen LogP contribution in [0.2, 0.25) is 0 Å². The third kappa shape index (κ3) is 7.19. The van der Waals surface area contributed by atoms with Crippen molar-refractivity contribution in [3.05, 3.63) is 242 Å². The van der Waals surface area contributed by atoms with Crippen LogP contribution in [-0.2, 0) is 21.1 Å². The molecule has 0 aliphatic carbocycles. The fourth-order valence-electron chi connectivity index (χ4n) is 10.1. The van der Waals surface area contributed by atoms with E-state index in [0.29, 0.717) is 0 Å². The van der Waals surface area contributed by atoms with Gasteiger partial charge < -0.3 is 19.3 Å². The summed E-state index contributed by atoms with van der Waals surface area (Å²) in [6.45, 7) is 8.84. The first-order chi connectivity index (χ1) is 32.5. The van der Waals surface area contributed by atoms with Gasteiger partial charge in [-0.05, 0) is 78.1 Å². The monoisotopic (exact) mass is 1040 g/mol. The first kappa shape index (κ1) is 41.9. The topological polar surface area (TPSA) is 27.5 Å². The van der Waals surface area contributed by atoms with Gasteiger partial charge in [-0.25, -0.2) is 4.98 Å². The molecule has 0 amide bonds. The quantitative estimate of drug-likeness (QED) is 0.142. The maximum Gasteiger partial charge on any atom is 0.135 e. The number of benzene rings is 9. The summed E-state index contributed by atoms with van der Waals surface area (Å²) in [7, 11) is 0. The molecule has 1 aliphatic heterocycles. The van der Waals surface area contributed by atoms with E-state index in [0.717, 1.165) is 89.7 Å². The van der Waals surface area contributed by atoms with Crippen molar-refractivity contribution < 1.29 is 21.1 Å². The van der Waals surface area contributed by atoms with E-state index in [-0.39, 0.29) is 21.1 Å². The van der Waals surface area contributed by atoms with Crippen molar-refractivity contribution in [1.29, 1.82) is 0 Å². The maximum absolute atomic E-state index is 4.83. The second kappa shape index (κ2) is 17.3. The van der Waals surface area contributed by atoms with E-state index in [2.05, 4.69) is 247 Å². The molecular weight excluding hydrogens is 998 g/mol. The minimum atomic E-state index is 0. The van der Waals surface area contributed by atoms with Gasteiger partial charge in [-0.15, -0.1) is 48.1 Å². The molecule has 6 heteroatoms. The Balaban J connectivity index is 0.00000494. The van der Waals surface area contributed by atoms with Crippen LogP contribution in [-0.4, -0.2) is 9.55 Å². The van der Waals surface area contributed by atoms with Crippen molar-refractivity contribution in [2.24, 2.45) is 0 Å². The van der Waals surface area contributed by atoms with E-state index < -0.39 is 0 Å². The number of hydrogen-bond acceptors (Lipinski definition) is 4. The first-order valence-corrected chi connectivity index (χ1v) is 22.5. The van der Waals surface area contributed by atoms with E-state index >= 15 is 0 Å². The van der Waals surface area contributed by atoms with Gasteiger partial charge in [0.1, 0.15) is 5.82 Å². The van der Waals surface area contributed by atoms with Gasteiger partial charge in [0.15, 0.2) is 0 Å². The minimum absolute atomic E-state index is 0. The number of hydrogen-bond donors (Lipinski definition) is 0. The molecule has 0 fully saturated rings. The number of pyridine rings is 1. The SMILES string of the molecule is Cc1cc(C)c(N(c2[c-]c(N3[CH-]N(c4c(-c5ccccc5)cccc4-c4ccccc4)c4c3ccc3ccccc43)ccc2)c2[c-]c3c(cc2)c2ccccc2n3-c2ccccn2)c(C)c1.[Pt]. The third-order valence-electron chi connectivity index (χ3n) is 12.9. The molecule has 1 aliphatic rings. The van der Waals surface area contributed by atoms with Crippen molar-refractivity contribution in [1.82, 2.24) is 9.55 Å². The zero-order chi connectivity index (χ0) is 44.3. The molecule has 3 heterocycles. The van der Waals surface area contributed by atoms with Crippen LogP contribution in [0.5, 0.6) is 0 Å². The second-order valence-corrected chi connectivity index (χ2v) is 17.1. The Hall–Kier alpha value is -7.72. The normalized spacial score (nSPS) is 12.2. The number of nitrogens with zero attached hydrogens (tertiary/aromatic N) is 5. The zero-order valence-corrected chi connectivity index (χ0v) is 39.5. The molecule has 0 radical (unpaired) electrons.